The highest BCUT2D eigenvalue weighted by molar-refractivity contribution is 5.28. The maximum atomic E-state index is 14.1. The third-order valence-corrected chi connectivity index (χ3v) is 5.84. The minimum absolute atomic E-state index is 0.101. The quantitative estimate of drug-likeness (QED) is 0.379. The topological polar surface area (TPSA) is 9.23 Å². The first-order valence-corrected chi connectivity index (χ1v) is 9.57. The molecule has 0 aliphatic heterocycles. The number of hydrogen-bond acceptors (Lipinski definition) is 1. The Morgan fingerprint density at radius 3 is 2.04 bits per heavy atom. The largest absolute Gasteiger partial charge is 0.491 e. The second kappa shape index (κ2) is 9.39. The molecular weight excluding hydrogens is 306 g/mol. The van der Waals surface area contributed by atoms with Gasteiger partial charge in [-0.2, -0.15) is 4.39 Å². The van der Waals surface area contributed by atoms with Crippen LogP contribution in [0.25, 0.3) is 0 Å². The van der Waals surface area contributed by atoms with Crippen molar-refractivity contribution in [3.63, 3.8) is 0 Å². The van der Waals surface area contributed by atoms with E-state index < -0.39 is 11.7 Å². The summed E-state index contributed by atoms with van der Waals surface area (Å²) in [5.74, 6) is 0.853. The number of ether oxygens (including phenoxy) is 1. The average Bonchev–Trinajstić information content (AvgIpc) is 2.60. The van der Waals surface area contributed by atoms with Crippen LogP contribution in [0.2, 0.25) is 0 Å². The van der Waals surface area contributed by atoms with Crippen molar-refractivity contribution in [3.8, 4) is 0 Å². The van der Waals surface area contributed by atoms with E-state index in [2.05, 4.69) is 13.5 Å². The summed E-state index contributed by atoms with van der Waals surface area (Å²) >= 11 is 0. The van der Waals surface area contributed by atoms with Crippen LogP contribution in [-0.4, -0.2) is 6.61 Å². The molecule has 2 saturated carbocycles. The predicted molar refractivity (Wildman–Crippen MR) is 95.7 cm³/mol. The normalized spacial score (nSPS) is 32.9. The molecule has 0 unspecified atom stereocenters. The lowest BCUT2D eigenvalue weighted by molar-refractivity contribution is 0.160. The second-order valence-corrected chi connectivity index (χ2v) is 7.52. The molecule has 0 spiro atoms. The van der Waals surface area contributed by atoms with Gasteiger partial charge >= 0.3 is 0 Å². The van der Waals surface area contributed by atoms with E-state index >= 15 is 0 Å². The number of hydrogen-bond donors (Lipinski definition) is 0. The van der Waals surface area contributed by atoms with Crippen LogP contribution in [-0.2, 0) is 4.74 Å². The van der Waals surface area contributed by atoms with E-state index in [1.54, 1.807) is 6.92 Å². The molecule has 2 fully saturated rings. The van der Waals surface area contributed by atoms with Crippen LogP contribution in [0.4, 0.5) is 8.78 Å². The van der Waals surface area contributed by atoms with E-state index in [1.165, 1.54) is 37.8 Å². The zero-order chi connectivity index (χ0) is 17.5. The minimum atomic E-state index is -0.921. The predicted octanol–water partition coefficient (Wildman–Crippen LogP) is 6.88. The molecule has 0 aromatic rings. The zero-order valence-electron chi connectivity index (χ0n) is 15.2. The molecule has 0 saturated heterocycles. The standard InChI is InChI=1S/C21H32F2O/c1-4-20(24-5-2)21(23)19(22)14-16-8-12-18(13-9-16)17-10-6-15(3)7-11-17/h4,14-18H,1,5-13H2,2-3H3/b19-14-,21-20-. The van der Waals surface area contributed by atoms with Gasteiger partial charge in [0.1, 0.15) is 0 Å². The fraction of sp³-hybridized carbons (Fsp3) is 0.714. The number of rotatable bonds is 6. The first kappa shape index (κ1) is 19.2. The van der Waals surface area contributed by atoms with Crippen molar-refractivity contribution in [1.29, 1.82) is 0 Å². The monoisotopic (exact) mass is 338 g/mol. The van der Waals surface area contributed by atoms with Crippen LogP contribution in [0.15, 0.2) is 36.1 Å². The van der Waals surface area contributed by atoms with Crippen molar-refractivity contribution in [2.75, 3.05) is 6.61 Å². The molecule has 2 aliphatic carbocycles. The maximum Gasteiger partial charge on any atom is 0.200 e. The molecule has 0 radical (unpaired) electrons. The molecule has 3 heteroatoms. The van der Waals surface area contributed by atoms with Crippen LogP contribution in [0.1, 0.15) is 65.2 Å². The molecule has 2 aliphatic rings. The Morgan fingerprint density at radius 1 is 1.00 bits per heavy atom. The lowest BCUT2D eigenvalue weighted by Crippen LogP contribution is -2.24. The molecule has 0 aromatic carbocycles. The highest BCUT2D eigenvalue weighted by Gasteiger charge is 2.29. The highest BCUT2D eigenvalue weighted by Crippen LogP contribution is 2.42. The van der Waals surface area contributed by atoms with Crippen molar-refractivity contribution >= 4 is 0 Å². The van der Waals surface area contributed by atoms with Crippen LogP contribution >= 0.6 is 0 Å². The third kappa shape index (κ3) is 5.19. The Morgan fingerprint density at radius 2 is 1.54 bits per heavy atom. The summed E-state index contributed by atoms with van der Waals surface area (Å²) in [7, 11) is 0. The highest BCUT2D eigenvalue weighted by atomic mass is 19.2. The summed E-state index contributed by atoms with van der Waals surface area (Å²) in [6.45, 7) is 7.87. The van der Waals surface area contributed by atoms with Gasteiger partial charge in [-0.1, -0.05) is 26.3 Å². The van der Waals surface area contributed by atoms with Crippen LogP contribution in [0.3, 0.4) is 0 Å². The molecular formula is C21H32F2O. The molecule has 0 atom stereocenters. The van der Waals surface area contributed by atoms with E-state index in [-0.39, 0.29) is 11.7 Å². The summed E-state index contributed by atoms with van der Waals surface area (Å²) in [4.78, 5) is 0. The summed E-state index contributed by atoms with van der Waals surface area (Å²) in [6.07, 6.45) is 12.4. The Labute approximate surface area is 145 Å². The van der Waals surface area contributed by atoms with Crippen LogP contribution in [0, 0.1) is 23.7 Å². The van der Waals surface area contributed by atoms with E-state index in [9.17, 15) is 8.78 Å². The fourth-order valence-electron chi connectivity index (χ4n) is 4.31. The Hall–Kier alpha value is -1.12. The fourth-order valence-corrected chi connectivity index (χ4v) is 4.31. The van der Waals surface area contributed by atoms with Gasteiger partial charge in [0.05, 0.1) is 6.61 Å². The van der Waals surface area contributed by atoms with Crippen molar-refractivity contribution in [2.24, 2.45) is 23.7 Å². The van der Waals surface area contributed by atoms with Gasteiger partial charge in [-0.3, -0.25) is 0 Å². The molecule has 0 N–H and O–H groups in total. The molecule has 0 heterocycles. The molecule has 2 rings (SSSR count). The van der Waals surface area contributed by atoms with Gasteiger partial charge in [0, 0.05) is 0 Å². The summed E-state index contributed by atoms with van der Waals surface area (Å²) in [5, 5.41) is 0. The molecule has 0 amide bonds. The number of allylic oxidation sites excluding steroid dienone is 4. The molecule has 1 nitrogen and oxygen atoms in total. The van der Waals surface area contributed by atoms with E-state index in [0.717, 1.165) is 43.4 Å². The van der Waals surface area contributed by atoms with Crippen molar-refractivity contribution in [2.45, 2.75) is 65.2 Å². The molecule has 136 valence electrons. The Bertz CT molecular complexity index is 464. The number of halogens is 2. The third-order valence-electron chi connectivity index (χ3n) is 5.84. The van der Waals surface area contributed by atoms with Gasteiger partial charge in [0.25, 0.3) is 0 Å². The Kier molecular flexibility index (Phi) is 7.51. The maximum absolute atomic E-state index is 14.1. The van der Waals surface area contributed by atoms with Gasteiger partial charge in [0.15, 0.2) is 17.4 Å². The van der Waals surface area contributed by atoms with Gasteiger partial charge in [-0.15, -0.1) is 0 Å². The van der Waals surface area contributed by atoms with Gasteiger partial charge < -0.3 is 4.74 Å². The smallest absolute Gasteiger partial charge is 0.200 e. The first-order chi connectivity index (χ1) is 11.5. The molecule has 0 bridgehead atoms. The van der Waals surface area contributed by atoms with Gasteiger partial charge in [-0.25, -0.2) is 4.39 Å². The lowest BCUT2D eigenvalue weighted by atomic mass is 9.69. The average molecular weight is 338 g/mol. The van der Waals surface area contributed by atoms with Gasteiger partial charge in [0.2, 0.25) is 0 Å². The summed E-state index contributed by atoms with van der Waals surface area (Å²) < 4.78 is 33.3. The molecule has 24 heavy (non-hydrogen) atoms. The minimum Gasteiger partial charge on any atom is -0.491 e. The summed E-state index contributed by atoms with van der Waals surface area (Å²) in [6, 6.07) is 0. The van der Waals surface area contributed by atoms with Crippen molar-refractivity contribution in [1.82, 2.24) is 0 Å². The summed E-state index contributed by atoms with van der Waals surface area (Å²) in [5.41, 5.74) is 0. The SMILES string of the molecule is C=C/C(OCC)=C(F)\C(F)=C\C1CCC(C2CCC(C)CC2)CC1. The van der Waals surface area contributed by atoms with Crippen LogP contribution < -0.4 is 0 Å². The van der Waals surface area contributed by atoms with E-state index in [0.29, 0.717) is 6.61 Å². The Balaban J connectivity index is 1.88. The van der Waals surface area contributed by atoms with Gasteiger partial charge in [-0.05, 0) is 81.3 Å². The van der Waals surface area contributed by atoms with E-state index in [4.69, 9.17) is 4.74 Å². The first-order valence-electron chi connectivity index (χ1n) is 9.57. The van der Waals surface area contributed by atoms with E-state index in [1.807, 2.05) is 0 Å². The zero-order valence-corrected chi connectivity index (χ0v) is 15.2. The molecule has 0 aromatic heterocycles. The van der Waals surface area contributed by atoms with Crippen molar-refractivity contribution < 1.29 is 13.5 Å². The second-order valence-electron chi connectivity index (χ2n) is 7.52. The lowest BCUT2D eigenvalue weighted by Gasteiger charge is -2.36. The van der Waals surface area contributed by atoms with Crippen molar-refractivity contribution in [3.05, 3.63) is 36.1 Å². The van der Waals surface area contributed by atoms with Crippen LogP contribution in [0.5, 0.6) is 0 Å².